The minimum atomic E-state index is -0.413. The fourth-order valence-electron chi connectivity index (χ4n) is 10.8. The third kappa shape index (κ3) is 43.5. The highest BCUT2D eigenvalue weighted by Gasteiger charge is 2.10. The summed E-state index contributed by atoms with van der Waals surface area (Å²) in [5.41, 5.74) is 25.5. The molecule has 608 valence electrons. The Balaban J connectivity index is 0.000000435. The van der Waals surface area contributed by atoms with Gasteiger partial charge in [-0.25, -0.2) is 4.98 Å². The topological polar surface area (TPSA) is 132 Å². The van der Waals surface area contributed by atoms with Crippen molar-refractivity contribution < 1.29 is 18.7 Å². The lowest BCUT2D eigenvalue weighted by Gasteiger charge is -2.08. The number of halogens is 2. The van der Waals surface area contributed by atoms with Crippen LogP contribution in [-0.4, -0.2) is 26.8 Å². The third-order valence-corrected chi connectivity index (χ3v) is 18.9. The average Bonchev–Trinajstić information content (AvgIpc) is 0.889. The second-order valence-corrected chi connectivity index (χ2v) is 32.8. The van der Waals surface area contributed by atoms with Crippen LogP contribution in [0.2, 0.25) is 5.02 Å². The van der Waals surface area contributed by atoms with Crippen LogP contribution in [0.1, 0.15) is 344 Å². The smallest absolute Gasteiger partial charge is 0.312 e. The second-order valence-electron chi connectivity index (χ2n) is 32.4. The van der Waals surface area contributed by atoms with Crippen LogP contribution in [0, 0.1) is 23.2 Å². The van der Waals surface area contributed by atoms with Crippen LogP contribution >= 0.6 is 11.6 Å². The van der Waals surface area contributed by atoms with Crippen molar-refractivity contribution in [1.82, 2.24) is 15.0 Å². The quantitative estimate of drug-likeness (QED) is 0.0528. The number of primary amides is 1. The minimum Gasteiger partial charge on any atom is -0.461 e. The number of esters is 1. The summed E-state index contributed by atoms with van der Waals surface area (Å²) in [7, 11) is 0. The molecule has 8 nitrogen and oxygen atoms in total. The number of hydrogen-bond donors (Lipinski definition) is 1. The van der Waals surface area contributed by atoms with E-state index >= 15 is 0 Å². The van der Waals surface area contributed by atoms with Crippen LogP contribution in [0.15, 0.2) is 231 Å². The molecule has 1 amide bonds. The van der Waals surface area contributed by atoms with Crippen molar-refractivity contribution in [1.29, 1.82) is 5.26 Å². The number of hydrogen-bond acceptors (Lipinski definition) is 7. The summed E-state index contributed by atoms with van der Waals surface area (Å²) in [6.07, 6.45) is 14.4. The van der Waals surface area contributed by atoms with Crippen molar-refractivity contribution in [2.45, 2.75) is 277 Å². The van der Waals surface area contributed by atoms with Gasteiger partial charge >= 0.3 is 5.97 Å². The molecule has 10 aromatic rings. The maximum Gasteiger partial charge on any atom is 0.312 e. The molecule has 0 aliphatic carbocycles. The molecule has 0 unspecified atom stereocenters. The lowest BCUT2D eigenvalue weighted by Crippen LogP contribution is -2.10. The fraction of sp³-hybridized carbons (Fsp3) is 0.417. The molecule has 0 aliphatic rings. The fourth-order valence-corrected chi connectivity index (χ4v) is 11.0. The van der Waals surface area contributed by atoms with Gasteiger partial charge in [0.2, 0.25) is 11.9 Å². The molecule has 0 radical (unpaired) electrons. The molecule has 0 saturated heterocycles. The van der Waals surface area contributed by atoms with Crippen molar-refractivity contribution in [3.63, 3.8) is 0 Å². The van der Waals surface area contributed by atoms with Gasteiger partial charge in [-0.3, -0.25) is 19.6 Å². The second kappa shape index (κ2) is 56.0. The molecule has 2 N–H and O–H groups in total. The van der Waals surface area contributed by atoms with Crippen molar-refractivity contribution in [2.75, 3.05) is 0 Å². The molecule has 3 heterocycles. The summed E-state index contributed by atoms with van der Waals surface area (Å²) in [6, 6.07) is 72.0. The number of aromatic nitrogens is 3. The predicted molar refractivity (Wildman–Crippen MR) is 482 cm³/mol. The molecule has 113 heavy (non-hydrogen) atoms. The molecule has 10 rings (SSSR count). The Morgan fingerprint density at radius 1 is 0.407 bits per heavy atom. The number of carbonyl (C=O) groups is 2. The average molecular weight is 1550 g/mol. The number of carbonyl (C=O) groups excluding carboxylic acids is 2. The first-order valence-corrected chi connectivity index (χ1v) is 41.6. The van der Waals surface area contributed by atoms with Gasteiger partial charge in [0.15, 0.2) is 0 Å². The van der Waals surface area contributed by atoms with E-state index in [2.05, 4.69) is 296 Å². The lowest BCUT2D eigenvalue weighted by molar-refractivity contribution is -0.144. The van der Waals surface area contributed by atoms with Gasteiger partial charge in [0, 0.05) is 35.4 Å². The van der Waals surface area contributed by atoms with Gasteiger partial charge in [-0.1, -0.05) is 354 Å². The van der Waals surface area contributed by atoms with Gasteiger partial charge in [-0.2, -0.15) is 9.65 Å². The van der Waals surface area contributed by atoms with E-state index in [1.165, 1.54) is 106 Å². The van der Waals surface area contributed by atoms with E-state index in [1.54, 1.807) is 36.8 Å². The number of aryl methyl sites for hydroxylation is 2. The summed E-state index contributed by atoms with van der Waals surface area (Å²) in [5, 5.41) is 9.36. The molecular formula is C103H139ClFN5O3. The summed E-state index contributed by atoms with van der Waals surface area (Å²) in [6.45, 7) is 52.7. The van der Waals surface area contributed by atoms with E-state index in [0.29, 0.717) is 76.9 Å². The van der Waals surface area contributed by atoms with Crippen LogP contribution in [-0.2, 0) is 41.8 Å². The van der Waals surface area contributed by atoms with Crippen molar-refractivity contribution in [2.24, 2.45) is 11.7 Å². The molecule has 0 bridgehead atoms. The van der Waals surface area contributed by atoms with Crippen molar-refractivity contribution in [3.8, 4) is 6.07 Å². The van der Waals surface area contributed by atoms with Crippen LogP contribution < -0.4 is 5.73 Å². The highest BCUT2D eigenvalue weighted by atomic mass is 35.5. The van der Waals surface area contributed by atoms with Crippen molar-refractivity contribution >= 4 is 23.5 Å². The Labute approximate surface area is 689 Å². The molecule has 0 atom stereocenters. The van der Waals surface area contributed by atoms with E-state index in [0.717, 1.165) is 33.3 Å². The number of amides is 1. The first-order chi connectivity index (χ1) is 53.6. The van der Waals surface area contributed by atoms with Gasteiger partial charge in [0.1, 0.15) is 12.7 Å². The Hall–Kier alpha value is -9.36. The molecular weight excluding hydrogens is 1410 g/mol. The number of nitrogens with zero attached hydrogens (tertiary/aromatic N) is 4. The number of nitriles is 1. The summed E-state index contributed by atoms with van der Waals surface area (Å²) >= 11 is 5.72. The molecule has 0 spiro atoms. The van der Waals surface area contributed by atoms with E-state index < -0.39 is 5.95 Å². The highest BCUT2D eigenvalue weighted by Crippen LogP contribution is 2.23. The SMILES string of the molecule is CC(C)Cc1ccc(C(C)C)cc1.CC(C)c1ccc(C(C)C)cc1.CC(C)c1ccc(C(N)=O)cc1.CC(C)c1ccc(CC(=O)OCc2ccccc2)nc1.CC(C)c1ccc(Cl)cc1.CC(C)c1ccc(F)nc1.CC(C)c1cncc(C#N)c1.CCCCc1ccc(C(C)C)cc1.CCCc1ccc(C(C)C)cc1. The van der Waals surface area contributed by atoms with Gasteiger partial charge in [-0.05, 0) is 211 Å². The summed E-state index contributed by atoms with van der Waals surface area (Å²) < 4.78 is 17.5. The maximum atomic E-state index is 12.2. The monoisotopic (exact) mass is 1550 g/mol. The number of benzene rings is 7. The maximum absolute atomic E-state index is 12.2. The third-order valence-electron chi connectivity index (χ3n) is 18.7. The first-order valence-electron chi connectivity index (χ1n) is 41.2. The predicted octanol–water partition coefficient (Wildman–Crippen LogP) is 29.1. The normalized spacial score (nSPS) is 10.6. The minimum absolute atomic E-state index is 0.214. The molecule has 3 aromatic heterocycles. The number of ether oxygens (including phenoxy) is 1. The highest BCUT2D eigenvalue weighted by molar-refractivity contribution is 6.30. The molecule has 0 fully saturated rings. The lowest BCUT2D eigenvalue weighted by atomic mass is 9.97. The molecule has 0 saturated carbocycles. The Morgan fingerprint density at radius 2 is 0.770 bits per heavy atom. The number of rotatable bonds is 22. The molecule has 0 aliphatic heterocycles. The zero-order valence-corrected chi connectivity index (χ0v) is 74.0. The first kappa shape index (κ1) is 99.7. The van der Waals surface area contributed by atoms with Gasteiger partial charge in [-0.15, -0.1) is 0 Å². The van der Waals surface area contributed by atoms with Crippen molar-refractivity contribution in [3.05, 3.63) is 337 Å². The number of pyridine rings is 3. The number of unbranched alkanes of at least 4 members (excludes halogenated alkanes) is 1. The molecule has 10 heteroatoms. The van der Waals surface area contributed by atoms with Gasteiger partial charge in [0.05, 0.1) is 17.7 Å². The Morgan fingerprint density at radius 3 is 1.12 bits per heavy atom. The Kier molecular flexibility index (Phi) is 49.4. The largest absolute Gasteiger partial charge is 0.461 e. The van der Waals surface area contributed by atoms with E-state index in [4.69, 9.17) is 27.3 Å². The summed E-state index contributed by atoms with van der Waals surface area (Å²) in [5.74, 6) is 5.36. The Bertz CT molecular complexity index is 4090. The molecule has 7 aromatic carbocycles. The standard InChI is InChI=1S/C17H19NO2.2C13H20.2C12H18.C10H13NO.C9H11Cl.C9H10N2.C8H10FN/c1-13(2)15-8-9-16(18-11-15)10-17(19)20-12-14-6-4-3-5-7-14;1-10(2)9-12-5-7-13(8-6-12)11(3)4;1-4-5-6-12-7-9-13(10-8-12)11(2)3;1-9(2)11-5-7-12(8-6-11)10(3)4;1-4-5-11-6-8-12(9-7-11)10(2)3;1-7(2)8-3-5-9(6-4-8)10(11)12;1-7(2)8-3-5-9(10)6-4-8;1-7(2)9-3-8(4-10)5-11-6-9;1-6(2)7-3-4-8(9)10-5-7/h3-9,11,13H,10,12H2,1-2H3;5-8,10-11H,9H2,1-4H3;7-11H,4-6H2,1-3H3;5-10H,1-4H3;6-10H,4-5H2,1-3H3;3-7H,1-2H3,(H2,11,12);3-7H,1-2H3;3,5-7H,1-2H3;3-6H,1-2H3. The van der Waals surface area contributed by atoms with Gasteiger partial charge in [0.25, 0.3) is 0 Å². The zero-order valence-electron chi connectivity index (χ0n) is 73.3. The van der Waals surface area contributed by atoms with E-state index in [9.17, 15) is 14.0 Å². The number of nitrogens with two attached hydrogens (primary N) is 1. The van der Waals surface area contributed by atoms with Crippen LogP contribution in [0.25, 0.3) is 0 Å². The van der Waals surface area contributed by atoms with Gasteiger partial charge < -0.3 is 10.5 Å². The van der Waals surface area contributed by atoms with E-state index in [-0.39, 0.29) is 18.3 Å². The van der Waals surface area contributed by atoms with E-state index in [1.807, 2.05) is 79.0 Å². The van der Waals surface area contributed by atoms with Crippen LogP contribution in [0.5, 0.6) is 0 Å². The summed E-state index contributed by atoms with van der Waals surface area (Å²) in [4.78, 5) is 34.2. The van der Waals surface area contributed by atoms with Crippen LogP contribution in [0.3, 0.4) is 0 Å². The zero-order chi connectivity index (χ0) is 84.5. The van der Waals surface area contributed by atoms with Crippen LogP contribution in [0.4, 0.5) is 4.39 Å².